The molecule has 1 amide bonds. The van der Waals surface area contributed by atoms with Crippen LogP contribution in [-0.2, 0) is 0 Å². The number of aliphatic hydroxyl groups excluding tert-OH is 1. The van der Waals surface area contributed by atoms with Crippen LogP contribution in [0.2, 0.25) is 0 Å². The molecule has 2 N–H and O–H groups in total. The van der Waals surface area contributed by atoms with Crippen molar-refractivity contribution in [3.63, 3.8) is 0 Å². The van der Waals surface area contributed by atoms with Crippen LogP contribution < -0.4 is 14.8 Å². The predicted octanol–water partition coefficient (Wildman–Crippen LogP) is 1.97. The normalized spacial score (nSPS) is 11.8. The van der Waals surface area contributed by atoms with Gasteiger partial charge in [0.05, 0.1) is 26.9 Å². The molecular weight excluding hydrogens is 314 g/mol. The molecule has 0 aliphatic heterocycles. The first-order valence-electron chi connectivity index (χ1n) is 5.90. The molecule has 0 aliphatic carbocycles. The molecule has 0 aliphatic rings. The van der Waals surface area contributed by atoms with E-state index in [4.69, 9.17) is 14.6 Å². The van der Waals surface area contributed by atoms with Crippen LogP contribution in [0, 0.1) is 0 Å². The van der Waals surface area contributed by atoms with Crippen LogP contribution in [0.4, 0.5) is 0 Å². The van der Waals surface area contributed by atoms with E-state index in [9.17, 15) is 4.79 Å². The smallest absolute Gasteiger partial charge is 0.251 e. The van der Waals surface area contributed by atoms with Crippen molar-refractivity contribution in [2.45, 2.75) is 19.4 Å². The van der Waals surface area contributed by atoms with E-state index in [2.05, 4.69) is 21.2 Å². The van der Waals surface area contributed by atoms with Crippen LogP contribution in [-0.4, -0.2) is 37.9 Å². The zero-order valence-corrected chi connectivity index (χ0v) is 12.8. The molecule has 1 aromatic rings. The van der Waals surface area contributed by atoms with Crippen LogP contribution in [0.3, 0.4) is 0 Å². The van der Waals surface area contributed by atoms with Crippen molar-refractivity contribution in [1.29, 1.82) is 0 Å². The SMILES string of the molecule is CC[C@H](CO)NC(=O)c1cc(OC)c(Br)c(OC)c1. The minimum Gasteiger partial charge on any atom is -0.495 e. The van der Waals surface area contributed by atoms with Gasteiger partial charge in [-0.15, -0.1) is 0 Å². The Bertz CT molecular complexity index is 421. The van der Waals surface area contributed by atoms with E-state index in [1.165, 1.54) is 14.2 Å². The maximum Gasteiger partial charge on any atom is 0.251 e. The van der Waals surface area contributed by atoms with Crippen LogP contribution in [0.1, 0.15) is 23.7 Å². The summed E-state index contributed by atoms with van der Waals surface area (Å²) in [5.41, 5.74) is 0.420. The maximum atomic E-state index is 12.1. The fraction of sp³-hybridized carbons (Fsp3) is 0.462. The molecule has 0 saturated heterocycles. The highest BCUT2D eigenvalue weighted by Crippen LogP contribution is 2.35. The molecule has 0 bridgehead atoms. The second-order valence-electron chi connectivity index (χ2n) is 3.96. The summed E-state index contributed by atoms with van der Waals surface area (Å²) in [5, 5.41) is 11.8. The van der Waals surface area contributed by atoms with E-state index in [0.29, 0.717) is 28.0 Å². The summed E-state index contributed by atoms with van der Waals surface area (Å²) in [4.78, 5) is 12.1. The topological polar surface area (TPSA) is 67.8 Å². The van der Waals surface area contributed by atoms with E-state index in [-0.39, 0.29) is 18.6 Å². The van der Waals surface area contributed by atoms with Gasteiger partial charge in [0.1, 0.15) is 16.0 Å². The number of hydrogen-bond acceptors (Lipinski definition) is 4. The average Bonchev–Trinajstić information content (AvgIpc) is 2.44. The lowest BCUT2D eigenvalue weighted by molar-refractivity contribution is 0.0914. The summed E-state index contributed by atoms with van der Waals surface area (Å²) >= 11 is 3.34. The van der Waals surface area contributed by atoms with Gasteiger partial charge >= 0.3 is 0 Å². The van der Waals surface area contributed by atoms with Gasteiger partial charge in [-0.25, -0.2) is 0 Å². The van der Waals surface area contributed by atoms with Crippen molar-refractivity contribution >= 4 is 21.8 Å². The number of ether oxygens (including phenoxy) is 2. The summed E-state index contributed by atoms with van der Waals surface area (Å²) in [7, 11) is 3.04. The molecular formula is C13H18BrNO4. The number of halogens is 1. The molecule has 1 rings (SSSR count). The van der Waals surface area contributed by atoms with Gasteiger partial charge in [0.2, 0.25) is 0 Å². The first-order chi connectivity index (χ1) is 9.07. The molecule has 5 nitrogen and oxygen atoms in total. The Morgan fingerprint density at radius 3 is 2.26 bits per heavy atom. The van der Waals surface area contributed by atoms with E-state index >= 15 is 0 Å². The van der Waals surface area contributed by atoms with Gasteiger partial charge in [0.25, 0.3) is 5.91 Å². The Balaban J connectivity index is 3.03. The molecule has 0 aromatic heterocycles. The van der Waals surface area contributed by atoms with Crippen molar-refractivity contribution in [2.75, 3.05) is 20.8 Å². The second-order valence-corrected chi connectivity index (χ2v) is 4.75. The van der Waals surface area contributed by atoms with E-state index in [0.717, 1.165) is 0 Å². The number of methoxy groups -OCH3 is 2. The molecule has 106 valence electrons. The number of amides is 1. The number of benzene rings is 1. The monoisotopic (exact) mass is 331 g/mol. The Morgan fingerprint density at radius 1 is 1.37 bits per heavy atom. The standard InChI is InChI=1S/C13H18BrNO4/c1-4-9(7-16)15-13(17)8-5-10(18-2)12(14)11(6-8)19-3/h5-6,9,16H,4,7H2,1-3H3,(H,15,17)/t9-/m1/s1. The van der Waals surface area contributed by atoms with Gasteiger partial charge < -0.3 is 19.9 Å². The predicted molar refractivity (Wildman–Crippen MR) is 75.9 cm³/mol. The lowest BCUT2D eigenvalue weighted by atomic mass is 10.1. The maximum absolute atomic E-state index is 12.1. The quantitative estimate of drug-likeness (QED) is 0.836. The summed E-state index contributed by atoms with van der Waals surface area (Å²) in [6.07, 6.45) is 0.660. The lowest BCUT2D eigenvalue weighted by Crippen LogP contribution is -2.36. The molecule has 0 heterocycles. The first-order valence-corrected chi connectivity index (χ1v) is 6.69. The Labute approximate surface area is 121 Å². The molecule has 0 spiro atoms. The first kappa shape index (κ1) is 15.8. The zero-order chi connectivity index (χ0) is 14.4. The van der Waals surface area contributed by atoms with Crippen LogP contribution >= 0.6 is 15.9 Å². The van der Waals surface area contributed by atoms with Gasteiger partial charge in [0.15, 0.2) is 0 Å². The van der Waals surface area contributed by atoms with Crippen molar-refractivity contribution in [3.8, 4) is 11.5 Å². The number of hydrogen-bond donors (Lipinski definition) is 2. The van der Waals surface area contributed by atoms with Gasteiger partial charge in [-0.3, -0.25) is 4.79 Å². The van der Waals surface area contributed by atoms with Gasteiger partial charge in [-0.2, -0.15) is 0 Å². The Morgan fingerprint density at radius 2 is 1.89 bits per heavy atom. The average molecular weight is 332 g/mol. The van der Waals surface area contributed by atoms with Gasteiger partial charge in [0, 0.05) is 5.56 Å². The van der Waals surface area contributed by atoms with Crippen LogP contribution in [0.15, 0.2) is 16.6 Å². The molecule has 0 saturated carbocycles. The third kappa shape index (κ3) is 3.84. The van der Waals surface area contributed by atoms with E-state index in [1.807, 2.05) is 6.92 Å². The van der Waals surface area contributed by atoms with Crippen molar-refractivity contribution in [1.82, 2.24) is 5.32 Å². The number of rotatable bonds is 6. The third-order valence-electron chi connectivity index (χ3n) is 2.76. The van der Waals surface area contributed by atoms with Crippen molar-refractivity contribution in [2.24, 2.45) is 0 Å². The summed E-state index contributed by atoms with van der Waals surface area (Å²) in [6, 6.07) is 2.98. The zero-order valence-electron chi connectivity index (χ0n) is 11.2. The summed E-state index contributed by atoms with van der Waals surface area (Å²) in [5.74, 6) is 0.757. The molecule has 0 unspecified atom stereocenters. The summed E-state index contributed by atoms with van der Waals surface area (Å²) in [6.45, 7) is 1.80. The van der Waals surface area contributed by atoms with Gasteiger partial charge in [-0.1, -0.05) is 6.92 Å². The third-order valence-corrected chi connectivity index (χ3v) is 3.54. The van der Waals surface area contributed by atoms with Crippen molar-refractivity contribution in [3.05, 3.63) is 22.2 Å². The second kappa shape index (κ2) is 7.35. The largest absolute Gasteiger partial charge is 0.495 e. The Kier molecular flexibility index (Phi) is 6.11. The molecule has 1 aromatic carbocycles. The van der Waals surface area contributed by atoms with Crippen LogP contribution in [0.5, 0.6) is 11.5 Å². The number of nitrogens with one attached hydrogen (secondary N) is 1. The highest BCUT2D eigenvalue weighted by Gasteiger charge is 2.16. The molecule has 0 fully saturated rings. The molecule has 19 heavy (non-hydrogen) atoms. The molecule has 0 radical (unpaired) electrons. The molecule has 6 heteroatoms. The van der Waals surface area contributed by atoms with Gasteiger partial charge in [-0.05, 0) is 34.5 Å². The fourth-order valence-corrected chi connectivity index (χ4v) is 2.10. The minimum atomic E-state index is -0.273. The summed E-state index contributed by atoms with van der Waals surface area (Å²) < 4.78 is 11.0. The van der Waals surface area contributed by atoms with Crippen molar-refractivity contribution < 1.29 is 19.4 Å². The number of carbonyl (C=O) groups excluding carboxylic acids is 1. The highest BCUT2D eigenvalue weighted by molar-refractivity contribution is 9.10. The minimum absolute atomic E-state index is 0.0902. The van der Waals surface area contributed by atoms with E-state index < -0.39 is 0 Å². The van der Waals surface area contributed by atoms with E-state index in [1.54, 1.807) is 12.1 Å². The Hall–Kier alpha value is -1.27. The number of carbonyl (C=O) groups is 1. The number of aliphatic hydroxyl groups is 1. The lowest BCUT2D eigenvalue weighted by Gasteiger charge is -2.15. The van der Waals surface area contributed by atoms with Crippen LogP contribution in [0.25, 0.3) is 0 Å². The molecule has 1 atom stereocenters. The fourth-order valence-electron chi connectivity index (χ4n) is 1.55. The highest BCUT2D eigenvalue weighted by atomic mass is 79.9.